The average Bonchev–Trinajstić information content (AvgIpc) is 2.74. The zero-order valence-corrected chi connectivity index (χ0v) is 17.1. The Labute approximate surface area is 176 Å². The molecule has 4 nitrogen and oxygen atoms in total. The fraction of sp³-hybridized carbons (Fsp3) is 0.0833. The zero-order valence-electron chi connectivity index (χ0n) is 15.5. The molecule has 0 fully saturated rings. The van der Waals surface area contributed by atoms with Crippen LogP contribution in [0.3, 0.4) is 0 Å². The third-order valence-electron chi connectivity index (χ3n) is 4.62. The molecule has 2 aromatic carbocycles. The van der Waals surface area contributed by atoms with E-state index in [1.807, 2.05) is 60.7 Å². The van der Waals surface area contributed by atoms with Crippen LogP contribution in [-0.4, -0.2) is 4.98 Å². The Hall–Kier alpha value is -3.36. The summed E-state index contributed by atoms with van der Waals surface area (Å²) in [6.45, 7) is 0. The van der Waals surface area contributed by atoms with E-state index in [4.69, 9.17) is 4.74 Å². The minimum absolute atomic E-state index is 0.0929. The molecule has 3 aromatic rings. The summed E-state index contributed by atoms with van der Waals surface area (Å²) in [6.07, 6.45) is 8.11. The van der Waals surface area contributed by atoms with Gasteiger partial charge in [0.25, 0.3) is 0 Å². The maximum Gasteiger partial charge on any atom is 0.200 e. The molecule has 0 aliphatic heterocycles. The highest BCUT2D eigenvalue weighted by atomic mass is 79.9. The minimum Gasteiger partial charge on any atom is -0.458 e. The average molecular weight is 445 g/mol. The molecule has 0 atom stereocenters. The molecule has 0 saturated carbocycles. The maximum atomic E-state index is 12.6. The van der Waals surface area contributed by atoms with Crippen molar-refractivity contribution in [1.82, 2.24) is 4.98 Å². The first-order valence-electron chi connectivity index (χ1n) is 9.22. The van der Waals surface area contributed by atoms with Crippen LogP contribution in [0.2, 0.25) is 0 Å². The standard InChI is InChI=1S/C24H17BrN2O2/c25-18-6-4-5-17(13-18)22-14-23(28)21(15-26)24(27-22)16-9-11-20(12-10-16)29-19-7-2-1-3-8-19/h2,4-14H,1,3H2,(H,27,28). The fourth-order valence-electron chi connectivity index (χ4n) is 3.19. The van der Waals surface area contributed by atoms with Crippen molar-refractivity contribution in [2.45, 2.75) is 12.8 Å². The van der Waals surface area contributed by atoms with Crippen LogP contribution in [0.4, 0.5) is 0 Å². The van der Waals surface area contributed by atoms with Gasteiger partial charge in [0, 0.05) is 16.2 Å². The summed E-state index contributed by atoms with van der Waals surface area (Å²) in [7, 11) is 0. The van der Waals surface area contributed by atoms with Crippen molar-refractivity contribution >= 4 is 15.9 Å². The Kier molecular flexibility index (Phi) is 5.46. The van der Waals surface area contributed by atoms with Crippen LogP contribution >= 0.6 is 15.9 Å². The molecule has 1 aliphatic rings. The molecule has 4 rings (SSSR count). The molecule has 0 spiro atoms. The van der Waals surface area contributed by atoms with E-state index in [0.29, 0.717) is 17.1 Å². The maximum absolute atomic E-state index is 12.6. The van der Waals surface area contributed by atoms with Gasteiger partial charge in [-0.2, -0.15) is 5.26 Å². The quantitative estimate of drug-likeness (QED) is 0.539. The SMILES string of the molecule is N#Cc1c(-c2ccc(OC3=CCCC=C3)cc2)[nH]c(-c2cccc(Br)c2)cc1=O. The van der Waals surface area contributed by atoms with Crippen LogP contribution in [0.25, 0.3) is 22.5 Å². The number of aromatic nitrogens is 1. The number of allylic oxidation sites excluding steroid dienone is 3. The highest BCUT2D eigenvalue weighted by Crippen LogP contribution is 2.27. The predicted molar refractivity (Wildman–Crippen MR) is 117 cm³/mol. The molecule has 0 radical (unpaired) electrons. The van der Waals surface area contributed by atoms with Gasteiger partial charge in [0.1, 0.15) is 23.1 Å². The Morgan fingerprint density at radius 2 is 1.86 bits per heavy atom. The topological polar surface area (TPSA) is 65.9 Å². The Morgan fingerprint density at radius 1 is 1.03 bits per heavy atom. The smallest absolute Gasteiger partial charge is 0.200 e. The van der Waals surface area contributed by atoms with Gasteiger partial charge in [0.2, 0.25) is 5.43 Å². The minimum atomic E-state index is -0.311. The number of nitrogens with one attached hydrogen (secondary N) is 1. The van der Waals surface area contributed by atoms with Crippen LogP contribution in [-0.2, 0) is 0 Å². The molecule has 1 aromatic heterocycles. The second-order valence-corrected chi connectivity index (χ2v) is 7.55. The lowest BCUT2D eigenvalue weighted by atomic mass is 10.0. The first-order chi connectivity index (χ1) is 14.1. The molecular formula is C24H17BrN2O2. The summed E-state index contributed by atoms with van der Waals surface area (Å²) in [6, 6.07) is 18.5. The van der Waals surface area contributed by atoms with Crippen molar-refractivity contribution in [3.8, 4) is 34.3 Å². The predicted octanol–water partition coefficient (Wildman–Crippen LogP) is 5.96. The molecule has 0 saturated heterocycles. The lowest BCUT2D eigenvalue weighted by Gasteiger charge is -2.12. The number of hydrogen-bond donors (Lipinski definition) is 1. The number of nitrogens with zero attached hydrogens (tertiary/aromatic N) is 1. The van der Waals surface area contributed by atoms with E-state index in [9.17, 15) is 10.1 Å². The number of rotatable bonds is 4. The van der Waals surface area contributed by atoms with Gasteiger partial charge >= 0.3 is 0 Å². The molecule has 0 unspecified atom stereocenters. The van der Waals surface area contributed by atoms with Gasteiger partial charge in [-0.15, -0.1) is 0 Å². The number of pyridine rings is 1. The first kappa shape index (κ1) is 19.0. The number of ether oxygens (including phenoxy) is 1. The van der Waals surface area contributed by atoms with Gasteiger partial charge in [-0.25, -0.2) is 0 Å². The molecule has 1 N–H and O–H groups in total. The van der Waals surface area contributed by atoms with E-state index in [0.717, 1.165) is 34.2 Å². The lowest BCUT2D eigenvalue weighted by molar-refractivity contribution is 0.439. The number of benzene rings is 2. The van der Waals surface area contributed by atoms with Gasteiger partial charge in [0.15, 0.2) is 0 Å². The molecule has 142 valence electrons. The highest BCUT2D eigenvalue weighted by molar-refractivity contribution is 9.10. The van der Waals surface area contributed by atoms with Crippen LogP contribution in [0, 0.1) is 11.3 Å². The molecule has 29 heavy (non-hydrogen) atoms. The fourth-order valence-corrected chi connectivity index (χ4v) is 3.59. The third kappa shape index (κ3) is 4.23. The van der Waals surface area contributed by atoms with E-state index in [2.05, 4.69) is 33.1 Å². The van der Waals surface area contributed by atoms with E-state index in [1.165, 1.54) is 6.07 Å². The normalized spacial score (nSPS) is 12.9. The van der Waals surface area contributed by atoms with Gasteiger partial charge < -0.3 is 9.72 Å². The molecule has 1 aliphatic carbocycles. The van der Waals surface area contributed by atoms with Gasteiger partial charge in [-0.1, -0.05) is 34.1 Å². The summed E-state index contributed by atoms with van der Waals surface area (Å²) >= 11 is 3.45. The molecule has 0 amide bonds. The molecular weight excluding hydrogens is 428 g/mol. The van der Waals surface area contributed by atoms with Crippen molar-refractivity contribution in [3.05, 3.63) is 98.8 Å². The van der Waals surface area contributed by atoms with Crippen molar-refractivity contribution in [2.24, 2.45) is 0 Å². The van der Waals surface area contributed by atoms with Crippen molar-refractivity contribution < 1.29 is 4.74 Å². The summed E-state index contributed by atoms with van der Waals surface area (Å²) < 4.78 is 6.78. The Morgan fingerprint density at radius 3 is 2.55 bits per heavy atom. The first-order valence-corrected chi connectivity index (χ1v) is 10.0. The Bertz CT molecular complexity index is 1210. The third-order valence-corrected chi connectivity index (χ3v) is 5.11. The van der Waals surface area contributed by atoms with Crippen molar-refractivity contribution in [2.75, 3.05) is 0 Å². The van der Waals surface area contributed by atoms with E-state index >= 15 is 0 Å². The number of H-pyrrole nitrogens is 1. The van der Waals surface area contributed by atoms with Gasteiger partial charge in [-0.05, 0) is 72.5 Å². The largest absolute Gasteiger partial charge is 0.458 e. The van der Waals surface area contributed by atoms with Crippen LogP contribution in [0.5, 0.6) is 5.75 Å². The van der Waals surface area contributed by atoms with Gasteiger partial charge in [0.05, 0.1) is 5.69 Å². The summed E-state index contributed by atoms with van der Waals surface area (Å²) in [5.74, 6) is 1.53. The van der Waals surface area contributed by atoms with Crippen LogP contribution in [0.15, 0.2) is 87.9 Å². The number of aromatic amines is 1. The van der Waals surface area contributed by atoms with E-state index in [-0.39, 0.29) is 11.0 Å². The van der Waals surface area contributed by atoms with Crippen LogP contribution in [0.1, 0.15) is 18.4 Å². The molecule has 0 bridgehead atoms. The molecule has 5 heteroatoms. The number of nitriles is 1. The summed E-state index contributed by atoms with van der Waals surface area (Å²) in [5, 5.41) is 9.52. The zero-order chi connectivity index (χ0) is 20.2. The number of halogens is 1. The van der Waals surface area contributed by atoms with E-state index in [1.54, 1.807) is 0 Å². The summed E-state index contributed by atoms with van der Waals surface area (Å²) in [5.41, 5.74) is 2.54. The lowest BCUT2D eigenvalue weighted by Crippen LogP contribution is -2.09. The second kappa shape index (κ2) is 8.34. The molecule has 1 heterocycles. The van der Waals surface area contributed by atoms with E-state index < -0.39 is 0 Å². The van der Waals surface area contributed by atoms with Crippen molar-refractivity contribution in [1.29, 1.82) is 5.26 Å². The number of hydrogen-bond acceptors (Lipinski definition) is 3. The van der Waals surface area contributed by atoms with Crippen molar-refractivity contribution in [3.63, 3.8) is 0 Å². The highest BCUT2D eigenvalue weighted by Gasteiger charge is 2.13. The monoisotopic (exact) mass is 444 g/mol. The second-order valence-electron chi connectivity index (χ2n) is 6.63. The summed E-state index contributed by atoms with van der Waals surface area (Å²) in [4.78, 5) is 15.8. The van der Waals surface area contributed by atoms with Crippen LogP contribution < -0.4 is 10.2 Å². The Balaban J connectivity index is 1.72. The van der Waals surface area contributed by atoms with Gasteiger partial charge in [-0.3, -0.25) is 4.79 Å².